The number of carbonyl (C=O) groups is 1. The number of rotatable bonds is 3. The molecule has 0 aliphatic carbocycles. The Bertz CT molecular complexity index is 413. The van der Waals surface area contributed by atoms with E-state index in [0.29, 0.717) is 10.0 Å². The van der Waals surface area contributed by atoms with E-state index in [2.05, 4.69) is 31.5 Å². The molecule has 2 heterocycles. The zero-order valence-corrected chi connectivity index (χ0v) is 11.0. The average molecular weight is 300 g/mol. The van der Waals surface area contributed by atoms with Crippen molar-refractivity contribution in [3.05, 3.63) is 28.5 Å². The Kier molecular flexibility index (Phi) is 4.09. The third kappa shape index (κ3) is 2.83. The van der Waals surface area contributed by atoms with E-state index in [4.69, 9.17) is 4.74 Å². The molecule has 6 heteroatoms. The van der Waals surface area contributed by atoms with Crippen LogP contribution in [0.3, 0.4) is 0 Å². The first kappa shape index (κ1) is 12.5. The highest BCUT2D eigenvalue weighted by Gasteiger charge is 2.28. The summed E-state index contributed by atoms with van der Waals surface area (Å²) in [4.78, 5) is 16.0. The van der Waals surface area contributed by atoms with Gasteiger partial charge in [0, 0.05) is 37.1 Å². The molecule has 1 saturated heterocycles. The molecule has 5 nitrogen and oxygen atoms in total. The Labute approximate surface area is 108 Å². The lowest BCUT2D eigenvalue weighted by Gasteiger charge is -2.18. The number of nitrogens with zero attached hydrogens (tertiary/aromatic N) is 1. The van der Waals surface area contributed by atoms with Crippen molar-refractivity contribution < 1.29 is 9.53 Å². The first-order valence-corrected chi connectivity index (χ1v) is 6.15. The van der Waals surface area contributed by atoms with Crippen LogP contribution in [0.25, 0.3) is 0 Å². The number of amides is 1. The standard InChI is InChI=1S/C11H14BrN3O2/c1-17-10-6-14-5-9(10)15-11(16)7-2-3-13-4-8(7)12/h2-4,9-10,14H,5-6H2,1H3,(H,15,16). The van der Waals surface area contributed by atoms with Crippen LogP contribution in [0, 0.1) is 0 Å². The van der Waals surface area contributed by atoms with Crippen molar-refractivity contribution in [2.24, 2.45) is 0 Å². The number of hydrogen-bond acceptors (Lipinski definition) is 4. The fourth-order valence-corrected chi connectivity index (χ4v) is 2.28. The molecule has 0 radical (unpaired) electrons. The third-order valence-corrected chi connectivity index (χ3v) is 3.43. The molecule has 1 fully saturated rings. The summed E-state index contributed by atoms with van der Waals surface area (Å²) in [6, 6.07) is 1.69. The van der Waals surface area contributed by atoms with E-state index in [0.717, 1.165) is 13.1 Å². The maximum absolute atomic E-state index is 12.0. The topological polar surface area (TPSA) is 63.2 Å². The van der Waals surface area contributed by atoms with Gasteiger partial charge < -0.3 is 15.4 Å². The molecule has 0 bridgehead atoms. The monoisotopic (exact) mass is 299 g/mol. The molecular weight excluding hydrogens is 286 g/mol. The van der Waals surface area contributed by atoms with E-state index in [-0.39, 0.29) is 18.1 Å². The van der Waals surface area contributed by atoms with Gasteiger partial charge in [0.1, 0.15) is 0 Å². The van der Waals surface area contributed by atoms with Gasteiger partial charge >= 0.3 is 0 Å². The van der Waals surface area contributed by atoms with Gasteiger partial charge in [0.15, 0.2) is 0 Å². The Balaban J connectivity index is 2.04. The van der Waals surface area contributed by atoms with Crippen LogP contribution in [0.2, 0.25) is 0 Å². The highest BCUT2D eigenvalue weighted by Crippen LogP contribution is 2.15. The van der Waals surface area contributed by atoms with Gasteiger partial charge in [-0.05, 0) is 22.0 Å². The predicted octanol–water partition coefficient (Wildman–Crippen LogP) is 0.561. The van der Waals surface area contributed by atoms with Gasteiger partial charge in [-0.3, -0.25) is 9.78 Å². The maximum Gasteiger partial charge on any atom is 0.252 e. The number of halogens is 1. The van der Waals surface area contributed by atoms with Crippen molar-refractivity contribution in [2.75, 3.05) is 20.2 Å². The summed E-state index contributed by atoms with van der Waals surface area (Å²) >= 11 is 3.31. The third-order valence-electron chi connectivity index (χ3n) is 2.79. The smallest absolute Gasteiger partial charge is 0.252 e. The lowest BCUT2D eigenvalue weighted by molar-refractivity contribution is 0.0779. The first-order chi connectivity index (χ1) is 8.22. The predicted molar refractivity (Wildman–Crippen MR) is 66.9 cm³/mol. The van der Waals surface area contributed by atoms with Gasteiger partial charge in [0.2, 0.25) is 0 Å². The van der Waals surface area contributed by atoms with Crippen molar-refractivity contribution in [1.82, 2.24) is 15.6 Å². The average Bonchev–Trinajstić information content (AvgIpc) is 2.76. The molecule has 0 aromatic carbocycles. The van der Waals surface area contributed by atoms with Crippen LogP contribution in [0.1, 0.15) is 10.4 Å². The maximum atomic E-state index is 12.0. The van der Waals surface area contributed by atoms with Crippen LogP contribution in [0.5, 0.6) is 0 Å². The van der Waals surface area contributed by atoms with E-state index in [1.54, 1.807) is 25.6 Å². The minimum atomic E-state index is -0.116. The van der Waals surface area contributed by atoms with E-state index in [9.17, 15) is 4.79 Å². The summed E-state index contributed by atoms with van der Waals surface area (Å²) in [6.07, 6.45) is 3.23. The molecule has 92 valence electrons. The van der Waals surface area contributed by atoms with Crippen molar-refractivity contribution in [3.8, 4) is 0 Å². The van der Waals surface area contributed by atoms with E-state index in [1.807, 2.05) is 0 Å². The van der Waals surface area contributed by atoms with Gasteiger partial charge in [0.25, 0.3) is 5.91 Å². The van der Waals surface area contributed by atoms with Gasteiger partial charge in [-0.2, -0.15) is 0 Å². The van der Waals surface area contributed by atoms with Crippen LogP contribution in [-0.4, -0.2) is 43.2 Å². The minimum absolute atomic E-state index is 0.00700. The number of ether oxygens (including phenoxy) is 1. The summed E-state index contributed by atoms with van der Waals surface area (Å²) in [6.45, 7) is 1.49. The van der Waals surface area contributed by atoms with Crippen LogP contribution in [0.15, 0.2) is 22.9 Å². The molecule has 2 N–H and O–H groups in total. The van der Waals surface area contributed by atoms with E-state index < -0.39 is 0 Å². The molecule has 2 rings (SSSR count). The number of hydrogen-bond donors (Lipinski definition) is 2. The Morgan fingerprint density at radius 3 is 3.18 bits per heavy atom. The van der Waals surface area contributed by atoms with Crippen LogP contribution >= 0.6 is 15.9 Å². The van der Waals surface area contributed by atoms with Crippen LogP contribution in [0.4, 0.5) is 0 Å². The number of pyridine rings is 1. The fourth-order valence-electron chi connectivity index (χ4n) is 1.85. The second-order valence-corrected chi connectivity index (χ2v) is 4.72. The molecule has 1 aromatic heterocycles. The highest BCUT2D eigenvalue weighted by atomic mass is 79.9. The molecule has 0 saturated carbocycles. The largest absolute Gasteiger partial charge is 0.378 e. The fraction of sp³-hybridized carbons (Fsp3) is 0.455. The molecule has 0 spiro atoms. The van der Waals surface area contributed by atoms with Crippen molar-refractivity contribution >= 4 is 21.8 Å². The minimum Gasteiger partial charge on any atom is -0.378 e. The lowest BCUT2D eigenvalue weighted by atomic mass is 10.2. The number of nitrogens with one attached hydrogen (secondary N) is 2. The Morgan fingerprint density at radius 2 is 2.47 bits per heavy atom. The molecular formula is C11H14BrN3O2. The summed E-state index contributed by atoms with van der Waals surface area (Å²) in [5.41, 5.74) is 0.585. The highest BCUT2D eigenvalue weighted by molar-refractivity contribution is 9.10. The Morgan fingerprint density at radius 1 is 1.65 bits per heavy atom. The molecule has 2 unspecified atom stereocenters. The second kappa shape index (κ2) is 5.57. The van der Waals surface area contributed by atoms with Gasteiger partial charge in [-0.25, -0.2) is 0 Å². The molecule has 1 amide bonds. The quantitative estimate of drug-likeness (QED) is 0.856. The summed E-state index contributed by atoms with van der Waals surface area (Å²) < 4.78 is 5.98. The number of aromatic nitrogens is 1. The number of methoxy groups -OCH3 is 1. The Hall–Kier alpha value is -0.980. The zero-order valence-electron chi connectivity index (χ0n) is 9.44. The van der Waals surface area contributed by atoms with Crippen molar-refractivity contribution in [3.63, 3.8) is 0 Å². The van der Waals surface area contributed by atoms with Crippen LogP contribution < -0.4 is 10.6 Å². The van der Waals surface area contributed by atoms with E-state index in [1.165, 1.54) is 0 Å². The SMILES string of the molecule is COC1CNCC1NC(=O)c1ccncc1Br. The molecule has 1 aromatic rings. The van der Waals surface area contributed by atoms with Crippen molar-refractivity contribution in [2.45, 2.75) is 12.1 Å². The lowest BCUT2D eigenvalue weighted by Crippen LogP contribution is -2.43. The van der Waals surface area contributed by atoms with Crippen molar-refractivity contribution in [1.29, 1.82) is 0 Å². The molecule has 2 atom stereocenters. The molecule has 1 aliphatic heterocycles. The molecule has 17 heavy (non-hydrogen) atoms. The zero-order chi connectivity index (χ0) is 12.3. The number of carbonyl (C=O) groups excluding carboxylic acids is 1. The summed E-state index contributed by atoms with van der Waals surface area (Å²) in [5.74, 6) is -0.116. The first-order valence-electron chi connectivity index (χ1n) is 5.36. The van der Waals surface area contributed by atoms with Gasteiger partial charge in [-0.15, -0.1) is 0 Å². The normalized spacial score (nSPS) is 23.6. The summed E-state index contributed by atoms with van der Waals surface area (Å²) in [5, 5.41) is 6.13. The van der Waals surface area contributed by atoms with E-state index >= 15 is 0 Å². The summed E-state index contributed by atoms with van der Waals surface area (Å²) in [7, 11) is 1.65. The van der Waals surface area contributed by atoms with Gasteiger partial charge in [-0.1, -0.05) is 0 Å². The molecule has 1 aliphatic rings. The second-order valence-electron chi connectivity index (χ2n) is 3.87. The van der Waals surface area contributed by atoms with Gasteiger partial charge in [0.05, 0.1) is 17.7 Å². The van der Waals surface area contributed by atoms with Crippen LogP contribution in [-0.2, 0) is 4.74 Å².